The van der Waals surface area contributed by atoms with Gasteiger partial charge in [0.2, 0.25) is 0 Å². The molecule has 1 atom stereocenters. The number of halogens is 1. The Morgan fingerprint density at radius 3 is 2.93 bits per heavy atom. The lowest BCUT2D eigenvalue weighted by Crippen LogP contribution is -2.23. The average Bonchev–Trinajstić information content (AvgIpc) is 2.17. The number of hydrogen-bond acceptors (Lipinski definition) is 2. The molecule has 2 nitrogen and oxygen atoms in total. The highest BCUT2D eigenvalue weighted by Crippen LogP contribution is 2.18. The first kappa shape index (κ1) is 11.4. The van der Waals surface area contributed by atoms with E-state index in [-0.39, 0.29) is 0 Å². The van der Waals surface area contributed by atoms with Crippen LogP contribution in [0, 0.1) is 0 Å². The second kappa shape index (κ2) is 5.27. The van der Waals surface area contributed by atoms with Gasteiger partial charge in [0, 0.05) is 29.5 Å². The molecular weight excluding hydrogens is 240 g/mol. The minimum atomic E-state index is 0.359. The van der Waals surface area contributed by atoms with Crippen molar-refractivity contribution >= 4 is 15.9 Å². The van der Waals surface area contributed by atoms with Crippen LogP contribution in [0.15, 0.2) is 35.6 Å². The van der Waals surface area contributed by atoms with Crippen LogP contribution >= 0.6 is 15.9 Å². The normalized spacial score (nSPS) is 12.9. The zero-order chi connectivity index (χ0) is 10.6. The topological polar surface area (TPSA) is 16.1 Å². The predicted molar refractivity (Wildman–Crippen MR) is 63.3 cm³/mol. The molecule has 14 heavy (non-hydrogen) atoms. The van der Waals surface area contributed by atoms with Crippen molar-refractivity contribution in [1.82, 2.24) is 9.88 Å². The molecule has 0 N–H and O–H groups in total. The summed E-state index contributed by atoms with van der Waals surface area (Å²) in [6, 6.07) is 4.41. The molecule has 0 aliphatic carbocycles. The summed E-state index contributed by atoms with van der Waals surface area (Å²) in [6.07, 6.45) is 3.69. The zero-order valence-corrected chi connectivity index (χ0v) is 10.2. The van der Waals surface area contributed by atoms with Crippen molar-refractivity contribution in [1.29, 1.82) is 0 Å². The average molecular weight is 255 g/mol. The zero-order valence-electron chi connectivity index (χ0n) is 8.57. The Balaban J connectivity index is 2.65. The van der Waals surface area contributed by atoms with Gasteiger partial charge in [0.15, 0.2) is 0 Å². The largest absolute Gasteiger partial charge is 0.295 e. The van der Waals surface area contributed by atoms with Gasteiger partial charge >= 0.3 is 0 Å². The first-order chi connectivity index (χ1) is 6.61. The minimum absolute atomic E-state index is 0.359. The summed E-state index contributed by atoms with van der Waals surface area (Å²) >= 11 is 3.36. The molecule has 0 radical (unpaired) electrons. The third kappa shape index (κ3) is 3.24. The summed E-state index contributed by atoms with van der Waals surface area (Å²) in [5.41, 5.74) is 1.23. The van der Waals surface area contributed by atoms with Crippen LogP contribution in [0.1, 0.15) is 18.5 Å². The fraction of sp³-hybridized carbons (Fsp3) is 0.364. The van der Waals surface area contributed by atoms with Crippen LogP contribution in [-0.2, 0) is 0 Å². The van der Waals surface area contributed by atoms with Gasteiger partial charge in [-0.3, -0.25) is 9.88 Å². The number of pyridine rings is 1. The van der Waals surface area contributed by atoms with Crippen LogP contribution in [0.2, 0.25) is 0 Å². The molecule has 0 bridgehead atoms. The standard InChI is InChI=1S/C11H15BrN2/c1-9(12)8-14(3)10(2)11-5-4-6-13-7-11/h4-7,10H,1,8H2,2-3H3/t10-/m0/s1. The lowest BCUT2D eigenvalue weighted by atomic mass is 10.1. The monoisotopic (exact) mass is 254 g/mol. The van der Waals surface area contributed by atoms with E-state index >= 15 is 0 Å². The Morgan fingerprint density at radius 2 is 2.43 bits per heavy atom. The van der Waals surface area contributed by atoms with Crippen molar-refractivity contribution in [2.75, 3.05) is 13.6 Å². The fourth-order valence-electron chi connectivity index (χ4n) is 1.29. The van der Waals surface area contributed by atoms with E-state index in [4.69, 9.17) is 0 Å². The highest BCUT2D eigenvalue weighted by atomic mass is 79.9. The maximum atomic E-state index is 4.11. The molecular formula is C11H15BrN2. The van der Waals surface area contributed by atoms with E-state index < -0.39 is 0 Å². The van der Waals surface area contributed by atoms with E-state index in [1.54, 1.807) is 6.20 Å². The number of rotatable bonds is 4. The van der Waals surface area contributed by atoms with Gasteiger partial charge in [-0.2, -0.15) is 0 Å². The van der Waals surface area contributed by atoms with Crippen molar-refractivity contribution in [3.05, 3.63) is 41.2 Å². The van der Waals surface area contributed by atoms with Crippen LogP contribution in [0.4, 0.5) is 0 Å². The summed E-state index contributed by atoms with van der Waals surface area (Å²) in [7, 11) is 2.07. The highest BCUT2D eigenvalue weighted by Gasteiger charge is 2.11. The number of likely N-dealkylation sites (N-methyl/N-ethyl adjacent to an activating group) is 1. The van der Waals surface area contributed by atoms with Gasteiger partial charge in [0.05, 0.1) is 0 Å². The summed E-state index contributed by atoms with van der Waals surface area (Å²) < 4.78 is 0.996. The minimum Gasteiger partial charge on any atom is -0.295 e. The number of nitrogens with zero attached hydrogens (tertiary/aromatic N) is 2. The first-order valence-corrected chi connectivity index (χ1v) is 5.34. The highest BCUT2D eigenvalue weighted by molar-refractivity contribution is 9.11. The molecule has 1 rings (SSSR count). The van der Waals surface area contributed by atoms with E-state index in [9.17, 15) is 0 Å². The van der Waals surface area contributed by atoms with E-state index in [0.29, 0.717) is 6.04 Å². The molecule has 1 aromatic heterocycles. The Hall–Kier alpha value is -0.670. The Labute approximate surface area is 93.8 Å². The molecule has 0 saturated carbocycles. The maximum absolute atomic E-state index is 4.11. The van der Waals surface area contributed by atoms with Crippen LogP contribution in [0.5, 0.6) is 0 Å². The van der Waals surface area contributed by atoms with Crippen LogP contribution in [-0.4, -0.2) is 23.5 Å². The molecule has 0 unspecified atom stereocenters. The Kier molecular flexibility index (Phi) is 4.29. The van der Waals surface area contributed by atoms with Crippen molar-refractivity contribution in [3.8, 4) is 0 Å². The quantitative estimate of drug-likeness (QED) is 0.822. The van der Waals surface area contributed by atoms with E-state index in [2.05, 4.69) is 52.4 Å². The molecule has 0 fully saturated rings. The SMILES string of the molecule is C=C(Br)CN(C)[C@@H](C)c1cccnc1. The molecule has 0 spiro atoms. The molecule has 0 aromatic carbocycles. The summed E-state index contributed by atoms with van der Waals surface area (Å²) in [5.74, 6) is 0. The number of hydrogen-bond donors (Lipinski definition) is 0. The van der Waals surface area contributed by atoms with Crippen molar-refractivity contribution in [3.63, 3.8) is 0 Å². The summed E-state index contributed by atoms with van der Waals surface area (Å²) in [6.45, 7) is 6.83. The molecule has 0 aliphatic rings. The third-order valence-corrected chi connectivity index (χ3v) is 2.50. The Morgan fingerprint density at radius 1 is 1.71 bits per heavy atom. The van der Waals surface area contributed by atoms with Crippen molar-refractivity contribution in [2.24, 2.45) is 0 Å². The summed E-state index contributed by atoms with van der Waals surface area (Å²) in [4.78, 5) is 6.32. The molecule has 0 aliphatic heterocycles. The molecule has 1 heterocycles. The number of aromatic nitrogens is 1. The van der Waals surface area contributed by atoms with Gasteiger partial charge in [0.25, 0.3) is 0 Å². The van der Waals surface area contributed by atoms with Gasteiger partial charge in [-0.25, -0.2) is 0 Å². The predicted octanol–water partition coefficient (Wildman–Crippen LogP) is 2.98. The van der Waals surface area contributed by atoms with Gasteiger partial charge < -0.3 is 0 Å². The second-order valence-electron chi connectivity index (χ2n) is 3.39. The third-order valence-electron chi connectivity index (χ3n) is 2.25. The van der Waals surface area contributed by atoms with Crippen LogP contribution in [0.25, 0.3) is 0 Å². The van der Waals surface area contributed by atoms with E-state index in [0.717, 1.165) is 11.0 Å². The fourth-order valence-corrected chi connectivity index (χ4v) is 1.68. The molecule has 0 amide bonds. The Bertz CT molecular complexity index is 297. The van der Waals surface area contributed by atoms with Gasteiger partial charge in [-0.05, 0) is 25.6 Å². The molecule has 1 aromatic rings. The molecule has 76 valence electrons. The lowest BCUT2D eigenvalue weighted by Gasteiger charge is -2.24. The smallest absolute Gasteiger partial charge is 0.0335 e. The molecule has 3 heteroatoms. The van der Waals surface area contributed by atoms with Gasteiger partial charge in [-0.15, -0.1) is 0 Å². The van der Waals surface area contributed by atoms with Crippen LogP contribution in [0.3, 0.4) is 0 Å². The lowest BCUT2D eigenvalue weighted by molar-refractivity contribution is 0.288. The van der Waals surface area contributed by atoms with E-state index in [1.165, 1.54) is 5.56 Å². The second-order valence-corrected chi connectivity index (χ2v) is 4.52. The summed E-state index contributed by atoms with van der Waals surface area (Å²) in [5, 5.41) is 0. The van der Waals surface area contributed by atoms with Crippen LogP contribution < -0.4 is 0 Å². The van der Waals surface area contributed by atoms with Gasteiger partial charge in [-0.1, -0.05) is 28.6 Å². The maximum Gasteiger partial charge on any atom is 0.0335 e. The first-order valence-electron chi connectivity index (χ1n) is 4.54. The van der Waals surface area contributed by atoms with Crippen molar-refractivity contribution < 1.29 is 0 Å². The van der Waals surface area contributed by atoms with E-state index in [1.807, 2.05) is 12.3 Å². The molecule has 0 saturated heterocycles. The van der Waals surface area contributed by atoms with Crippen molar-refractivity contribution in [2.45, 2.75) is 13.0 Å². The van der Waals surface area contributed by atoms with Gasteiger partial charge in [0.1, 0.15) is 0 Å².